The summed E-state index contributed by atoms with van der Waals surface area (Å²) in [6, 6.07) is 9.35. The van der Waals surface area contributed by atoms with Crippen molar-refractivity contribution in [2.45, 2.75) is 39.3 Å². The Morgan fingerprint density at radius 3 is 2.38 bits per heavy atom. The second kappa shape index (κ2) is 7.67. The van der Waals surface area contributed by atoms with Crippen LogP contribution in [0.4, 0.5) is 4.79 Å². The number of nitrogens with one attached hydrogen (secondary N) is 1. The molecule has 0 spiro atoms. The highest BCUT2D eigenvalue weighted by atomic mass is 16.6. The average molecular weight is 293 g/mol. The van der Waals surface area contributed by atoms with E-state index in [4.69, 9.17) is 9.47 Å². The number of esters is 1. The summed E-state index contributed by atoms with van der Waals surface area (Å²) in [6.45, 7) is 5.74. The van der Waals surface area contributed by atoms with Gasteiger partial charge in [0.15, 0.2) is 0 Å². The molecule has 0 radical (unpaired) electrons. The Labute approximate surface area is 125 Å². The molecule has 1 N–H and O–H groups in total. The Morgan fingerprint density at radius 2 is 1.86 bits per heavy atom. The number of ether oxygens (including phenoxy) is 2. The summed E-state index contributed by atoms with van der Waals surface area (Å²) in [5, 5.41) is 2.61. The highest BCUT2D eigenvalue weighted by molar-refractivity contribution is 5.85. The molecular formula is C16H23NO4. The first-order valence-corrected chi connectivity index (χ1v) is 6.94. The Hall–Kier alpha value is -2.04. The topological polar surface area (TPSA) is 64.6 Å². The van der Waals surface area contributed by atoms with Crippen LogP contribution in [0.3, 0.4) is 0 Å². The van der Waals surface area contributed by atoms with E-state index in [0.717, 1.165) is 5.56 Å². The molecule has 1 amide bonds. The van der Waals surface area contributed by atoms with E-state index in [2.05, 4.69) is 5.32 Å². The first-order valence-electron chi connectivity index (χ1n) is 6.94. The van der Waals surface area contributed by atoms with Gasteiger partial charge in [-0.05, 0) is 24.8 Å². The molecule has 0 fully saturated rings. The summed E-state index contributed by atoms with van der Waals surface area (Å²) in [7, 11) is 1.30. The summed E-state index contributed by atoms with van der Waals surface area (Å²) < 4.78 is 9.91. The zero-order valence-electron chi connectivity index (χ0n) is 13.0. The maximum Gasteiger partial charge on any atom is 0.408 e. The standard InChI is InChI=1S/C16H23NO4/c1-12(2)10-16(3,14(18)20-4)17-15(19)21-11-13-8-6-5-7-9-13/h5-9,12H,10-11H2,1-4H3,(H,17,19). The summed E-state index contributed by atoms with van der Waals surface area (Å²) in [6.07, 6.45) is -0.160. The maximum atomic E-state index is 11.9. The van der Waals surface area contributed by atoms with Gasteiger partial charge < -0.3 is 14.8 Å². The number of rotatable bonds is 6. The van der Waals surface area contributed by atoms with Crippen LogP contribution >= 0.6 is 0 Å². The SMILES string of the molecule is COC(=O)C(C)(CC(C)C)NC(=O)OCc1ccccc1. The van der Waals surface area contributed by atoms with Crippen molar-refractivity contribution in [1.82, 2.24) is 5.32 Å². The van der Waals surface area contributed by atoms with Crippen molar-refractivity contribution >= 4 is 12.1 Å². The van der Waals surface area contributed by atoms with Crippen molar-refractivity contribution in [3.63, 3.8) is 0 Å². The van der Waals surface area contributed by atoms with Gasteiger partial charge in [0.25, 0.3) is 0 Å². The molecule has 1 aromatic rings. The molecule has 0 bridgehead atoms. The number of hydrogen-bond acceptors (Lipinski definition) is 4. The third-order valence-electron chi connectivity index (χ3n) is 3.04. The average Bonchev–Trinajstić information content (AvgIpc) is 2.44. The molecule has 21 heavy (non-hydrogen) atoms. The first kappa shape index (κ1) is 17.0. The van der Waals surface area contributed by atoms with E-state index in [1.54, 1.807) is 6.92 Å². The van der Waals surface area contributed by atoms with Crippen LogP contribution in [-0.2, 0) is 20.9 Å². The van der Waals surface area contributed by atoms with E-state index in [1.807, 2.05) is 44.2 Å². The zero-order valence-corrected chi connectivity index (χ0v) is 13.0. The van der Waals surface area contributed by atoms with Crippen LogP contribution in [-0.4, -0.2) is 24.7 Å². The van der Waals surface area contributed by atoms with Crippen molar-refractivity contribution < 1.29 is 19.1 Å². The number of carbonyl (C=O) groups excluding carboxylic acids is 2. The molecule has 0 aromatic heterocycles. The predicted octanol–water partition coefficient (Wildman–Crippen LogP) is 2.89. The van der Waals surface area contributed by atoms with Crippen LogP contribution in [0.25, 0.3) is 0 Å². The maximum absolute atomic E-state index is 11.9. The van der Waals surface area contributed by atoms with Crippen LogP contribution in [0.15, 0.2) is 30.3 Å². The third kappa shape index (κ3) is 5.45. The Bertz CT molecular complexity index is 472. The van der Waals surface area contributed by atoms with E-state index in [1.165, 1.54) is 7.11 Å². The molecule has 5 heteroatoms. The summed E-state index contributed by atoms with van der Waals surface area (Å²) in [4.78, 5) is 23.8. The molecule has 116 valence electrons. The highest BCUT2D eigenvalue weighted by Crippen LogP contribution is 2.18. The number of benzene rings is 1. The summed E-state index contributed by atoms with van der Waals surface area (Å²) in [5.74, 6) is -0.253. The van der Waals surface area contributed by atoms with Crippen molar-refractivity contribution in [2.24, 2.45) is 5.92 Å². The second-order valence-corrected chi connectivity index (χ2v) is 5.61. The molecule has 1 rings (SSSR count). The van der Waals surface area contributed by atoms with E-state index >= 15 is 0 Å². The minimum Gasteiger partial charge on any atom is -0.467 e. The lowest BCUT2D eigenvalue weighted by Gasteiger charge is -2.29. The quantitative estimate of drug-likeness (QED) is 0.819. The number of alkyl carbamates (subject to hydrolysis) is 1. The Morgan fingerprint density at radius 1 is 1.24 bits per heavy atom. The van der Waals surface area contributed by atoms with Crippen LogP contribution in [0, 0.1) is 5.92 Å². The van der Waals surface area contributed by atoms with Gasteiger partial charge in [-0.1, -0.05) is 44.2 Å². The van der Waals surface area contributed by atoms with E-state index in [-0.39, 0.29) is 12.5 Å². The molecule has 5 nitrogen and oxygen atoms in total. The van der Waals surface area contributed by atoms with Gasteiger partial charge in [-0.15, -0.1) is 0 Å². The molecule has 0 saturated carbocycles. The fraction of sp³-hybridized carbons (Fsp3) is 0.500. The fourth-order valence-electron chi connectivity index (χ4n) is 2.21. The van der Waals surface area contributed by atoms with E-state index in [0.29, 0.717) is 6.42 Å². The molecule has 0 aliphatic carbocycles. The highest BCUT2D eigenvalue weighted by Gasteiger charge is 2.37. The minimum atomic E-state index is -1.09. The molecule has 0 saturated heterocycles. The van der Waals surface area contributed by atoms with Crippen molar-refractivity contribution in [3.05, 3.63) is 35.9 Å². The van der Waals surface area contributed by atoms with E-state index < -0.39 is 17.6 Å². The van der Waals surface area contributed by atoms with Crippen LogP contribution in [0.1, 0.15) is 32.8 Å². The van der Waals surface area contributed by atoms with Gasteiger partial charge in [0.2, 0.25) is 0 Å². The Balaban J connectivity index is 2.62. The molecule has 0 aliphatic heterocycles. The van der Waals surface area contributed by atoms with Gasteiger partial charge >= 0.3 is 12.1 Å². The van der Waals surface area contributed by atoms with Crippen LogP contribution in [0.5, 0.6) is 0 Å². The fourth-order valence-corrected chi connectivity index (χ4v) is 2.21. The van der Waals surface area contributed by atoms with Crippen LogP contribution < -0.4 is 5.32 Å². The predicted molar refractivity (Wildman–Crippen MR) is 79.6 cm³/mol. The van der Waals surface area contributed by atoms with Gasteiger partial charge in [-0.2, -0.15) is 0 Å². The van der Waals surface area contributed by atoms with Gasteiger partial charge in [0, 0.05) is 0 Å². The lowest BCUT2D eigenvalue weighted by Crippen LogP contribution is -2.53. The van der Waals surface area contributed by atoms with Gasteiger partial charge in [0.1, 0.15) is 12.1 Å². The third-order valence-corrected chi connectivity index (χ3v) is 3.04. The second-order valence-electron chi connectivity index (χ2n) is 5.61. The summed E-state index contributed by atoms with van der Waals surface area (Å²) >= 11 is 0. The van der Waals surface area contributed by atoms with Crippen molar-refractivity contribution in [3.8, 4) is 0 Å². The largest absolute Gasteiger partial charge is 0.467 e. The minimum absolute atomic E-state index is 0.158. The zero-order chi connectivity index (χ0) is 15.9. The number of carbonyl (C=O) groups is 2. The van der Waals surface area contributed by atoms with Gasteiger partial charge in [0.05, 0.1) is 7.11 Å². The normalized spacial score (nSPS) is 13.4. The lowest BCUT2D eigenvalue weighted by molar-refractivity contribution is -0.148. The van der Waals surface area contributed by atoms with Crippen molar-refractivity contribution in [1.29, 1.82) is 0 Å². The molecule has 0 heterocycles. The molecule has 1 unspecified atom stereocenters. The monoisotopic (exact) mass is 293 g/mol. The summed E-state index contributed by atoms with van der Waals surface area (Å²) in [5.41, 5.74) is -0.201. The number of methoxy groups -OCH3 is 1. The Kier molecular flexibility index (Phi) is 6.21. The van der Waals surface area contributed by atoms with Gasteiger partial charge in [-0.25, -0.2) is 9.59 Å². The number of amides is 1. The van der Waals surface area contributed by atoms with Crippen molar-refractivity contribution in [2.75, 3.05) is 7.11 Å². The smallest absolute Gasteiger partial charge is 0.408 e. The van der Waals surface area contributed by atoms with Crippen LogP contribution in [0.2, 0.25) is 0 Å². The first-order chi connectivity index (χ1) is 9.87. The lowest BCUT2D eigenvalue weighted by atomic mass is 9.91. The van der Waals surface area contributed by atoms with E-state index in [9.17, 15) is 9.59 Å². The molecule has 1 aromatic carbocycles. The van der Waals surface area contributed by atoms with Gasteiger partial charge in [-0.3, -0.25) is 0 Å². The molecule has 1 atom stereocenters. The number of hydrogen-bond donors (Lipinski definition) is 1. The molecular weight excluding hydrogens is 270 g/mol. The molecule has 0 aliphatic rings.